The van der Waals surface area contributed by atoms with E-state index in [1.807, 2.05) is 0 Å². The number of aliphatic hydroxyl groups excluding tert-OH is 1. The molecular weight excluding hydrogens is 180 g/mol. The minimum absolute atomic E-state index is 0.479. The van der Waals surface area contributed by atoms with Crippen molar-refractivity contribution in [2.75, 3.05) is 19.8 Å². The molecule has 14 heavy (non-hydrogen) atoms. The molecule has 0 saturated heterocycles. The van der Waals surface area contributed by atoms with E-state index in [4.69, 9.17) is 14.6 Å². The molecule has 1 atom stereocenters. The number of ether oxygens (including phenoxy) is 2. The Balaban J connectivity index is 2.85. The van der Waals surface area contributed by atoms with Crippen molar-refractivity contribution in [1.82, 2.24) is 0 Å². The van der Waals surface area contributed by atoms with Gasteiger partial charge in [0.25, 0.3) is 0 Å². The first-order valence-corrected chi connectivity index (χ1v) is 5.64. The molecule has 0 spiro atoms. The molecule has 1 N–H and O–H groups in total. The van der Waals surface area contributed by atoms with E-state index in [0.717, 1.165) is 13.0 Å². The number of hydrogen-bond acceptors (Lipinski definition) is 3. The summed E-state index contributed by atoms with van der Waals surface area (Å²) < 4.78 is 10.2. The van der Waals surface area contributed by atoms with E-state index in [1.165, 1.54) is 25.7 Å². The molecular formula is C11H24O3. The molecule has 3 nitrogen and oxygen atoms in total. The van der Waals surface area contributed by atoms with E-state index < -0.39 is 6.29 Å². The van der Waals surface area contributed by atoms with Crippen LogP contribution in [-0.2, 0) is 9.47 Å². The second kappa shape index (κ2) is 11.0. The van der Waals surface area contributed by atoms with Gasteiger partial charge in [-0.1, -0.05) is 32.6 Å². The van der Waals surface area contributed by atoms with E-state index in [2.05, 4.69) is 6.92 Å². The topological polar surface area (TPSA) is 38.7 Å². The van der Waals surface area contributed by atoms with E-state index >= 15 is 0 Å². The van der Waals surface area contributed by atoms with Crippen molar-refractivity contribution in [3.8, 4) is 0 Å². The van der Waals surface area contributed by atoms with Crippen molar-refractivity contribution in [2.45, 2.75) is 52.2 Å². The van der Waals surface area contributed by atoms with Crippen LogP contribution in [0.1, 0.15) is 46.0 Å². The van der Waals surface area contributed by atoms with Crippen LogP contribution in [0.3, 0.4) is 0 Å². The van der Waals surface area contributed by atoms with Crippen LogP contribution in [0, 0.1) is 0 Å². The zero-order valence-corrected chi connectivity index (χ0v) is 9.50. The van der Waals surface area contributed by atoms with Crippen molar-refractivity contribution in [1.29, 1.82) is 0 Å². The molecule has 1 unspecified atom stereocenters. The highest BCUT2D eigenvalue weighted by molar-refractivity contribution is 4.41. The molecule has 0 aromatic heterocycles. The molecule has 0 fully saturated rings. The van der Waals surface area contributed by atoms with Crippen LogP contribution in [0.25, 0.3) is 0 Å². The Hall–Kier alpha value is -0.120. The third-order valence-corrected chi connectivity index (χ3v) is 1.98. The lowest BCUT2D eigenvalue weighted by Crippen LogP contribution is -2.12. The summed E-state index contributed by atoms with van der Waals surface area (Å²) >= 11 is 0. The largest absolute Gasteiger partial charge is 0.379 e. The van der Waals surface area contributed by atoms with Crippen LogP contribution in [-0.4, -0.2) is 31.2 Å². The molecule has 0 radical (unpaired) electrons. The zero-order valence-electron chi connectivity index (χ0n) is 9.50. The average molecular weight is 204 g/mol. The van der Waals surface area contributed by atoms with Crippen molar-refractivity contribution in [2.24, 2.45) is 0 Å². The SMILES string of the molecule is CCCCCCCOCCOC(C)O. The van der Waals surface area contributed by atoms with Gasteiger partial charge in [0, 0.05) is 6.61 Å². The Morgan fingerprint density at radius 1 is 1.00 bits per heavy atom. The van der Waals surface area contributed by atoms with E-state index in [0.29, 0.717) is 13.2 Å². The van der Waals surface area contributed by atoms with Gasteiger partial charge >= 0.3 is 0 Å². The molecule has 0 aromatic rings. The molecule has 0 saturated carbocycles. The van der Waals surface area contributed by atoms with Crippen LogP contribution < -0.4 is 0 Å². The first-order valence-electron chi connectivity index (χ1n) is 5.64. The third-order valence-electron chi connectivity index (χ3n) is 1.98. The minimum Gasteiger partial charge on any atom is -0.379 e. The Morgan fingerprint density at radius 2 is 1.71 bits per heavy atom. The molecule has 0 heterocycles. The second-order valence-corrected chi connectivity index (χ2v) is 3.50. The lowest BCUT2D eigenvalue weighted by molar-refractivity contribution is -0.0994. The fraction of sp³-hybridized carbons (Fsp3) is 1.00. The molecule has 0 aliphatic rings. The maximum absolute atomic E-state index is 8.77. The molecule has 0 aliphatic heterocycles. The standard InChI is InChI=1S/C11H24O3/c1-3-4-5-6-7-8-13-9-10-14-11(2)12/h11-12H,3-10H2,1-2H3. The van der Waals surface area contributed by atoms with E-state index in [-0.39, 0.29) is 0 Å². The normalized spacial score (nSPS) is 13.1. The summed E-state index contributed by atoms with van der Waals surface area (Å²) in [5.41, 5.74) is 0. The Bertz CT molecular complexity index is 105. The second-order valence-electron chi connectivity index (χ2n) is 3.50. The smallest absolute Gasteiger partial charge is 0.151 e. The zero-order chi connectivity index (χ0) is 10.6. The minimum atomic E-state index is -0.678. The van der Waals surface area contributed by atoms with Gasteiger partial charge in [-0.2, -0.15) is 0 Å². The van der Waals surface area contributed by atoms with Gasteiger partial charge in [0.2, 0.25) is 0 Å². The fourth-order valence-corrected chi connectivity index (χ4v) is 1.19. The summed E-state index contributed by atoms with van der Waals surface area (Å²) in [7, 11) is 0. The third kappa shape index (κ3) is 11.9. The molecule has 0 rings (SSSR count). The molecule has 3 heteroatoms. The lowest BCUT2D eigenvalue weighted by atomic mass is 10.2. The Kier molecular flexibility index (Phi) is 10.9. The van der Waals surface area contributed by atoms with Crippen LogP contribution in [0.4, 0.5) is 0 Å². The van der Waals surface area contributed by atoms with Gasteiger partial charge in [-0.25, -0.2) is 0 Å². The molecule has 0 aliphatic carbocycles. The number of rotatable bonds is 10. The van der Waals surface area contributed by atoms with Gasteiger partial charge < -0.3 is 14.6 Å². The maximum Gasteiger partial charge on any atom is 0.151 e. The van der Waals surface area contributed by atoms with E-state index in [9.17, 15) is 0 Å². The maximum atomic E-state index is 8.77. The summed E-state index contributed by atoms with van der Waals surface area (Å²) in [5, 5.41) is 8.77. The highest BCUT2D eigenvalue weighted by atomic mass is 16.6. The molecule has 0 bridgehead atoms. The van der Waals surface area contributed by atoms with Crippen molar-refractivity contribution in [3.63, 3.8) is 0 Å². The molecule has 0 aromatic carbocycles. The Morgan fingerprint density at radius 3 is 2.36 bits per heavy atom. The van der Waals surface area contributed by atoms with Crippen LogP contribution in [0.15, 0.2) is 0 Å². The van der Waals surface area contributed by atoms with Gasteiger partial charge in [0.1, 0.15) is 0 Å². The molecule has 0 amide bonds. The van der Waals surface area contributed by atoms with Crippen molar-refractivity contribution >= 4 is 0 Å². The van der Waals surface area contributed by atoms with Gasteiger partial charge in [0.05, 0.1) is 13.2 Å². The highest BCUT2D eigenvalue weighted by Gasteiger charge is 1.94. The first kappa shape index (κ1) is 13.9. The van der Waals surface area contributed by atoms with E-state index in [1.54, 1.807) is 6.92 Å². The first-order chi connectivity index (χ1) is 6.77. The average Bonchev–Trinajstić information content (AvgIpc) is 2.15. The summed E-state index contributed by atoms with van der Waals surface area (Å²) in [5.74, 6) is 0. The predicted octanol–water partition coefficient (Wildman–Crippen LogP) is 2.33. The van der Waals surface area contributed by atoms with Crippen molar-refractivity contribution in [3.05, 3.63) is 0 Å². The summed E-state index contributed by atoms with van der Waals surface area (Å²) in [6.45, 7) is 5.69. The fourth-order valence-electron chi connectivity index (χ4n) is 1.19. The lowest BCUT2D eigenvalue weighted by Gasteiger charge is -2.07. The van der Waals surface area contributed by atoms with Gasteiger partial charge in [-0.3, -0.25) is 0 Å². The quantitative estimate of drug-likeness (QED) is 0.438. The monoisotopic (exact) mass is 204 g/mol. The summed E-state index contributed by atoms with van der Waals surface area (Å²) in [6, 6.07) is 0. The van der Waals surface area contributed by atoms with Crippen LogP contribution in [0.5, 0.6) is 0 Å². The van der Waals surface area contributed by atoms with Gasteiger partial charge in [-0.15, -0.1) is 0 Å². The van der Waals surface area contributed by atoms with Gasteiger partial charge in [-0.05, 0) is 13.3 Å². The molecule has 86 valence electrons. The number of unbranched alkanes of at least 4 members (excludes halogenated alkanes) is 4. The van der Waals surface area contributed by atoms with Crippen molar-refractivity contribution < 1.29 is 14.6 Å². The number of hydrogen-bond donors (Lipinski definition) is 1. The highest BCUT2D eigenvalue weighted by Crippen LogP contribution is 2.02. The van der Waals surface area contributed by atoms with Crippen LogP contribution in [0.2, 0.25) is 0 Å². The number of aliphatic hydroxyl groups is 1. The predicted molar refractivity (Wildman–Crippen MR) is 57.2 cm³/mol. The Labute approximate surface area is 87.4 Å². The summed E-state index contributed by atoms with van der Waals surface area (Å²) in [6.07, 6.45) is 5.63. The summed E-state index contributed by atoms with van der Waals surface area (Å²) in [4.78, 5) is 0. The van der Waals surface area contributed by atoms with Crippen LogP contribution >= 0.6 is 0 Å². The van der Waals surface area contributed by atoms with Gasteiger partial charge in [0.15, 0.2) is 6.29 Å².